The Morgan fingerprint density at radius 3 is 2.83 bits per heavy atom. The number of hydrogen-bond acceptors (Lipinski definition) is 5. The Morgan fingerprint density at radius 2 is 2.00 bits per heavy atom. The number of H-pyrrole nitrogens is 1. The minimum Gasteiger partial charge on any atom is -0.497 e. The molecule has 0 aliphatic rings. The van der Waals surface area contributed by atoms with E-state index in [0.717, 1.165) is 28.1 Å². The summed E-state index contributed by atoms with van der Waals surface area (Å²) in [6, 6.07) is 7.94. The van der Waals surface area contributed by atoms with Gasteiger partial charge in [0.05, 0.1) is 26.2 Å². The number of methoxy groups -OCH3 is 1. The third-order valence-corrected chi connectivity index (χ3v) is 3.63. The van der Waals surface area contributed by atoms with Crippen LogP contribution in [0.15, 0.2) is 49.3 Å². The third-order valence-electron chi connectivity index (χ3n) is 3.63. The molecule has 0 saturated carbocycles. The van der Waals surface area contributed by atoms with Gasteiger partial charge in [0.1, 0.15) is 23.3 Å². The number of fused-ring (bicyclic) bond motifs is 1. The van der Waals surface area contributed by atoms with E-state index in [1.807, 2.05) is 35.1 Å². The molecule has 0 saturated heterocycles. The summed E-state index contributed by atoms with van der Waals surface area (Å²) in [6.07, 6.45) is 6.89. The van der Waals surface area contributed by atoms with Gasteiger partial charge in [0, 0.05) is 11.8 Å². The van der Waals surface area contributed by atoms with Gasteiger partial charge in [-0.1, -0.05) is 12.1 Å². The topological polar surface area (TPSA) is 81.5 Å². The zero-order chi connectivity index (χ0) is 15.6. The third kappa shape index (κ3) is 2.52. The van der Waals surface area contributed by atoms with Crippen LogP contribution in [0.3, 0.4) is 0 Å². The normalized spacial score (nSPS) is 11.0. The van der Waals surface area contributed by atoms with E-state index in [9.17, 15) is 0 Å². The molecule has 0 atom stereocenters. The van der Waals surface area contributed by atoms with Crippen LogP contribution in [0, 0.1) is 0 Å². The predicted molar refractivity (Wildman–Crippen MR) is 85.0 cm³/mol. The van der Waals surface area contributed by atoms with Gasteiger partial charge in [0.2, 0.25) is 0 Å². The lowest BCUT2D eigenvalue weighted by molar-refractivity contribution is 0.414. The van der Waals surface area contributed by atoms with Gasteiger partial charge in [-0.15, -0.1) is 0 Å². The molecular weight excluding hydrogens is 292 g/mol. The fourth-order valence-corrected chi connectivity index (χ4v) is 2.47. The Kier molecular flexibility index (Phi) is 3.23. The Balaban J connectivity index is 1.62. The van der Waals surface area contributed by atoms with E-state index < -0.39 is 0 Å². The molecule has 0 radical (unpaired) electrons. The van der Waals surface area contributed by atoms with Gasteiger partial charge in [-0.25, -0.2) is 15.0 Å². The standard InChI is InChI=1S/C16H14N6O/c1-23-13-4-2-11(3-5-13)7-22-8-12(6-21-22)14-15-16(19-9-17-14)20-10-18-15/h2-6,8-10H,7H2,1H3,(H,17,18,19,20). The van der Waals surface area contributed by atoms with Gasteiger partial charge in [0.25, 0.3) is 0 Å². The number of nitrogens with one attached hydrogen (secondary N) is 1. The van der Waals surface area contributed by atoms with Crippen LogP contribution in [0.1, 0.15) is 5.56 Å². The summed E-state index contributed by atoms with van der Waals surface area (Å²) in [7, 11) is 1.66. The number of rotatable bonds is 4. The van der Waals surface area contributed by atoms with Gasteiger partial charge in [-0.2, -0.15) is 5.10 Å². The van der Waals surface area contributed by atoms with Crippen molar-refractivity contribution in [2.45, 2.75) is 6.54 Å². The van der Waals surface area contributed by atoms with Gasteiger partial charge in [-0.05, 0) is 17.7 Å². The maximum Gasteiger partial charge on any atom is 0.181 e. The molecule has 4 aromatic rings. The highest BCUT2D eigenvalue weighted by atomic mass is 16.5. The molecule has 1 aromatic carbocycles. The molecule has 3 aromatic heterocycles. The molecule has 23 heavy (non-hydrogen) atoms. The largest absolute Gasteiger partial charge is 0.497 e. The summed E-state index contributed by atoms with van der Waals surface area (Å²) in [5.74, 6) is 0.845. The van der Waals surface area contributed by atoms with Crippen molar-refractivity contribution in [1.29, 1.82) is 0 Å². The van der Waals surface area contributed by atoms with Crippen molar-refractivity contribution in [3.63, 3.8) is 0 Å². The first-order valence-corrected chi connectivity index (χ1v) is 7.13. The highest BCUT2D eigenvalue weighted by molar-refractivity contribution is 5.86. The maximum atomic E-state index is 5.17. The number of benzene rings is 1. The van der Waals surface area contributed by atoms with Crippen molar-refractivity contribution in [3.8, 4) is 17.0 Å². The number of imidazole rings is 1. The minimum absolute atomic E-state index is 0.651. The van der Waals surface area contributed by atoms with Crippen molar-refractivity contribution >= 4 is 11.2 Å². The minimum atomic E-state index is 0.651. The van der Waals surface area contributed by atoms with Crippen LogP contribution in [-0.2, 0) is 6.54 Å². The molecule has 0 aliphatic carbocycles. The number of nitrogens with zero attached hydrogens (tertiary/aromatic N) is 5. The second-order valence-electron chi connectivity index (χ2n) is 5.10. The Labute approximate surface area is 132 Å². The fraction of sp³-hybridized carbons (Fsp3) is 0.125. The predicted octanol–water partition coefficient (Wildman–Crippen LogP) is 2.27. The lowest BCUT2D eigenvalue weighted by Gasteiger charge is -2.03. The Bertz CT molecular complexity index is 941. The summed E-state index contributed by atoms with van der Waals surface area (Å²) in [6.45, 7) is 0.682. The number of aromatic nitrogens is 6. The van der Waals surface area contributed by atoms with E-state index in [2.05, 4.69) is 25.0 Å². The lowest BCUT2D eigenvalue weighted by atomic mass is 10.2. The van der Waals surface area contributed by atoms with Crippen molar-refractivity contribution in [1.82, 2.24) is 29.7 Å². The monoisotopic (exact) mass is 306 g/mol. The molecule has 4 rings (SSSR count). The van der Waals surface area contributed by atoms with E-state index in [-0.39, 0.29) is 0 Å². The van der Waals surface area contributed by atoms with Crippen molar-refractivity contribution in [2.24, 2.45) is 0 Å². The molecule has 1 N–H and O–H groups in total. The summed E-state index contributed by atoms with van der Waals surface area (Å²) in [5.41, 5.74) is 4.34. The average molecular weight is 306 g/mol. The Hall–Kier alpha value is -3.22. The highest BCUT2D eigenvalue weighted by Gasteiger charge is 2.10. The van der Waals surface area contributed by atoms with Gasteiger partial charge in [0.15, 0.2) is 5.65 Å². The summed E-state index contributed by atoms with van der Waals surface area (Å²) in [5, 5.41) is 4.41. The molecule has 3 heterocycles. The second-order valence-corrected chi connectivity index (χ2v) is 5.10. The van der Waals surface area contributed by atoms with Crippen LogP contribution in [0.25, 0.3) is 22.4 Å². The van der Waals surface area contributed by atoms with Gasteiger partial charge in [-0.3, -0.25) is 4.68 Å². The number of aromatic amines is 1. The molecule has 114 valence electrons. The first kappa shape index (κ1) is 13.4. The molecule has 0 spiro atoms. The SMILES string of the molecule is COc1ccc(Cn2cc(-c3ncnc4nc[nH]c34)cn2)cc1. The van der Waals surface area contributed by atoms with Crippen LogP contribution < -0.4 is 4.74 Å². The van der Waals surface area contributed by atoms with Crippen molar-refractivity contribution in [3.05, 3.63) is 54.9 Å². The van der Waals surface area contributed by atoms with E-state index in [4.69, 9.17) is 4.74 Å². The van der Waals surface area contributed by atoms with Crippen LogP contribution in [-0.4, -0.2) is 36.8 Å². The quantitative estimate of drug-likeness (QED) is 0.625. The maximum absolute atomic E-state index is 5.17. The van der Waals surface area contributed by atoms with Crippen LogP contribution in [0.4, 0.5) is 0 Å². The summed E-state index contributed by atoms with van der Waals surface area (Å²) in [4.78, 5) is 15.7. The molecule has 0 bridgehead atoms. The first-order chi connectivity index (χ1) is 11.3. The molecule has 0 fully saturated rings. The zero-order valence-electron chi connectivity index (χ0n) is 12.5. The van der Waals surface area contributed by atoms with Crippen LogP contribution in [0.5, 0.6) is 5.75 Å². The summed E-state index contributed by atoms with van der Waals surface area (Å²) >= 11 is 0. The number of ether oxygens (including phenoxy) is 1. The van der Waals surface area contributed by atoms with E-state index in [1.165, 1.54) is 6.33 Å². The highest BCUT2D eigenvalue weighted by Crippen LogP contribution is 2.22. The fourth-order valence-electron chi connectivity index (χ4n) is 2.47. The molecule has 7 nitrogen and oxygen atoms in total. The number of hydrogen-bond donors (Lipinski definition) is 1. The lowest BCUT2D eigenvalue weighted by Crippen LogP contribution is -1.99. The van der Waals surface area contributed by atoms with Crippen LogP contribution in [0.2, 0.25) is 0 Å². The van der Waals surface area contributed by atoms with Crippen LogP contribution >= 0.6 is 0 Å². The molecule has 7 heteroatoms. The molecule has 0 unspecified atom stereocenters. The van der Waals surface area contributed by atoms with Gasteiger partial charge >= 0.3 is 0 Å². The second kappa shape index (κ2) is 5.53. The first-order valence-electron chi connectivity index (χ1n) is 7.13. The molecule has 0 amide bonds. The van der Waals surface area contributed by atoms with E-state index in [0.29, 0.717) is 12.2 Å². The van der Waals surface area contributed by atoms with E-state index in [1.54, 1.807) is 19.6 Å². The van der Waals surface area contributed by atoms with Gasteiger partial charge < -0.3 is 9.72 Å². The van der Waals surface area contributed by atoms with E-state index >= 15 is 0 Å². The summed E-state index contributed by atoms with van der Waals surface area (Å²) < 4.78 is 7.05. The smallest absolute Gasteiger partial charge is 0.181 e. The van der Waals surface area contributed by atoms with Crippen molar-refractivity contribution < 1.29 is 4.74 Å². The zero-order valence-corrected chi connectivity index (χ0v) is 12.5. The molecule has 0 aliphatic heterocycles. The molecular formula is C16H14N6O. The Morgan fingerprint density at radius 1 is 1.13 bits per heavy atom. The van der Waals surface area contributed by atoms with Crippen molar-refractivity contribution in [2.75, 3.05) is 7.11 Å². The average Bonchev–Trinajstić information content (AvgIpc) is 3.24.